The van der Waals surface area contributed by atoms with Crippen molar-refractivity contribution in [2.75, 3.05) is 5.32 Å². The Kier molecular flexibility index (Phi) is 5.15. The van der Waals surface area contributed by atoms with E-state index in [1.54, 1.807) is 18.2 Å². The highest BCUT2D eigenvalue weighted by Crippen LogP contribution is 2.25. The lowest BCUT2D eigenvalue weighted by atomic mass is 9.98. The molecule has 2 rings (SSSR count). The highest BCUT2D eigenvalue weighted by Gasteiger charge is 2.17. The lowest BCUT2D eigenvalue weighted by Gasteiger charge is -2.25. The highest BCUT2D eigenvalue weighted by molar-refractivity contribution is 5.86. The molecule has 0 spiro atoms. The Hall–Kier alpha value is -3.08. The maximum absolute atomic E-state index is 8.96. The number of nitriles is 1. The van der Waals surface area contributed by atoms with E-state index in [1.165, 1.54) is 6.21 Å². The van der Waals surface area contributed by atoms with Crippen LogP contribution in [0.4, 0.5) is 5.69 Å². The van der Waals surface area contributed by atoms with Crippen molar-refractivity contribution >= 4 is 11.9 Å². The quantitative estimate of drug-likeness (QED) is 0.586. The van der Waals surface area contributed by atoms with Crippen LogP contribution in [0.1, 0.15) is 35.2 Å². The number of nitrogens with zero attached hydrogens (tertiary/aromatic N) is 1. The summed E-state index contributed by atoms with van der Waals surface area (Å²) in [5.41, 5.74) is 9.88. The van der Waals surface area contributed by atoms with Crippen molar-refractivity contribution < 1.29 is 0 Å². The first-order valence-electron chi connectivity index (χ1n) is 7.22. The number of hydrogen-bond acceptors (Lipinski definition) is 4. The van der Waals surface area contributed by atoms with Gasteiger partial charge in [0.2, 0.25) is 0 Å². The van der Waals surface area contributed by atoms with Gasteiger partial charge < -0.3 is 16.5 Å². The molecule has 2 atom stereocenters. The lowest BCUT2D eigenvalue weighted by molar-refractivity contribution is 0.625. The van der Waals surface area contributed by atoms with Crippen LogP contribution in [0.3, 0.4) is 0 Å². The smallest absolute Gasteiger partial charge is 0.0991 e. The molecule has 0 amide bonds. The van der Waals surface area contributed by atoms with Crippen LogP contribution >= 0.6 is 0 Å². The normalized spacial score (nSPS) is 12.5. The molecule has 0 aliphatic carbocycles. The predicted octanol–water partition coefficient (Wildman–Crippen LogP) is 3.04. The molecule has 4 nitrogen and oxygen atoms in total. The van der Waals surface area contributed by atoms with E-state index in [0.717, 1.165) is 16.8 Å². The molecule has 0 saturated carbocycles. The first-order chi connectivity index (χ1) is 11.1. The summed E-state index contributed by atoms with van der Waals surface area (Å²) in [7, 11) is 0. The third-order valence-corrected chi connectivity index (χ3v) is 3.61. The fraction of sp³-hybridized carbons (Fsp3) is 0.158. The molecule has 2 aromatic carbocycles. The first kappa shape index (κ1) is 16.3. The Morgan fingerprint density at radius 3 is 2.39 bits per heavy atom. The van der Waals surface area contributed by atoms with E-state index in [1.807, 2.05) is 31.2 Å². The number of nitrogens with two attached hydrogens (primary N) is 1. The van der Waals surface area contributed by atoms with Gasteiger partial charge in [-0.25, -0.2) is 0 Å². The zero-order chi connectivity index (χ0) is 16.8. The SMILES string of the molecule is C#Cc1ccc(C(Nc2ccc(C#N)cc2C=N)C(C)N)cc1. The van der Waals surface area contributed by atoms with Crippen molar-refractivity contribution in [1.29, 1.82) is 10.7 Å². The standard InChI is InChI=1S/C19H18N4/c1-3-14-4-7-16(8-5-14)19(13(2)22)23-18-9-6-15(11-20)10-17(18)12-21/h1,4-10,12-13,19,21,23H,22H2,2H3. The molecule has 2 aromatic rings. The molecule has 23 heavy (non-hydrogen) atoms. The molecular weight excluding hydrogens is 284 g/mol. The summed E-state index contributed by atoms with van der Waals surface area (Å²) in [5, 5.41) is 19.9. The van der Waals surface area contributed by atoms with Crippen LogP contribution in [0.2, 0.25) is 0 Å². The van der Waals surface area contributed by atoms with Crippen molar-refractivity contribution in [2.45, 2.75) is 19.0 Å². The maximum atomic E-state index is 8.96. The molecule has 0 aliphatic heterocycles. The van der Waals surface area contributed by atoms with E-state index in [9.17, 15) is 0 Å². The van der Waals surface area contributed by atoms with Gasteiger partial charge in [0.05, 0.1) is 17.7 Å². The van der Waals surface area contributed by atoms with Gasteiger partial charge in [-0.1, -0.05) is 18.1 Å². The Morgan fingerprint density at radius 2 is 1.87 bits per heavy atom. The van der Waals surface area contributed by atoms with Crippen LogP contribution in [-0.4, -0.2) is 12.3 Å². The minimum atomic E-state index is -0.152. The summed E-state index contributed by atoms with van der Waals surface area (Å²) in [6, 6.07) is 14.6. The van der Waals surface area contributed by atoms with Crippen molar-refractivity contribution in [3.8, 4) is 18.4 Å². The molecular formula is C19H18N4. The summed E-state index contributed by atoms with van der Waals surface area (Å²) in [4.78, 5) is 0. The van der Waals surface area contributed by atoms with E-state index >= 15 is 0 Å². The van der Waals surface area contributed by atoms with Crippen LogP contribution in [-0.2, 0) is 0 Å². The van der Waals surface area contributed by atoms with Crippen molar-refractivity contribution in [3.63, 3.8) is 0 Å². The summed E-state index contributed by atoms with van der Waals surface area (Å²) in [6.45, 7) is 1.92. The Balaban J connectivity index is 2.35. The topological polar surface area (TPSA) is 85.7 Å². The second-order valence-electron chi connectivity index (χ2n) is 5.31. The molecule has 0 radical (unpaired) electrons. The third kappa shape index (κ3) is 3.77. The molecule has 0 bridgehead atoms. The van der Waals surface area contributed by atoms with E-state index in [-0.39, 0.29) is 12.1 Å². The summed E-state index contributed by atoms with van der Waals surface area (Å²) in [6.07, 6.45) is 6.61. The number of terminal acetylenes is 1. The van der Waals surface area contributed by atoms with E-state index in [2.05, 4.69) is 17.3 Å². The van der Waals surface area contributed by atoms with Crippen LogP contribution < -0.4 is 11.1 Å². The third-order valence-electron chi connectivity index (χ3n) is 3.61. The van der Waals surface area contributed by atoms with Gasteiger partial charge in [0.1, 0.15) is 0 Å². The van der Waals surface area contributed by atoms with Crippen molar-refractivity contribution in [1.82, 2.24) is 0 Å². The summed E-state index contributed by atoms with van der Waals surface area (Å²) >= 11 is 0. The predicted molar refractivity (Wildman–Crippen MR) is 93.4 cm³/mol. The minimum Gasteiger partial charge on any atom is -0.376 e. The van der Waals surface area contributed by atoms with E-state index in [4.69, 9.17) is 22.8 Å². The Bertz CT molecular complexity index is 776. The van der Waals surface area contributed by atoms with Gasteiger partial charge in [0.25, 0.3) is 0 Å². The van der Waals surface area contributed by atoms with Gasteiger partial charge in [-0.15, -0.1) is 6.42 Å². The van der Waals surface area contributed by atoms with Crippen LogP contribution in [0.5, 0.6) is 0 Å². The average Bonchev–Trinajstić information content (AvgIpc) is 2.59. The molecule has 0 aliphatic rings. The molecule has 0 saturated heterocycles. The van der Waals surface area contributed by atoms with E-state index in [0.29, 0.717) is 11.1 Å². The molecule has 2 unspecified atom stereocenters. The number of hydrogen-bond donors (Lipinski definition) is 3. The van der Waals surface area contributed by atoms with Crippen LogP contribution in [0.15, 0.2) is 42.5 Å². The Morgan fingerprint density at radius 1 is 1.22 bits per heavy atom. The second kappa shape index (κ2) is 7.26. The fourth-order valence-electron chi connectivity index (χ4n) is 2.36. The van der Waals surface area contributed by atoms with Crippen molar-refractivity contribution in [2.24, 2.45) is 5.73 Å². The minimum absolute atomic E-state index is 0.131. The van der Waals surface area contributed by atoms with Gasteiger partial charge in [-0.2, -0.15) is 5.26 Å². The maximum Gasteiger partial charge on any atom is 0.0991 e. The van der Waals surface area contributed by atoms with Gasteiger partial charge in [-0.3, -0.25) is 0 Å². The zero-order valence-electron chi connectivity index (χ0n) is 12.9. The van der Waals surface area contributed by atoms with Crippen molar-refractivity contribution in [3.05, 3.63) is 64.7 Å². The molecule has 4 heteroatoms. The van der Waals surface area contributed by atoms with E-state index < -0.39 is 0 Å². The van der Waals surface area contributed by atoms with Gasteiger partial charge in [0.15, 0.2) is 0 Å². The molecule has 0 aromatic heterocycles. The van der Waals surface area contributed by atoms with Gasteiger partial charge in [-0.05, 0) is 42.8 Å². The molecule has 114 valence electrons. The fourth-order valence-corrected chi connectivity index (χ4v) is 2.36. The number of benzene rings is 2. The average molecular weight is 302 g/mol. The lowest BCUT2D eigenvalue weighted by Crippen LogP contribution is -2.30. The number of anilines is 1. The zero-order valence-corrected chi connectivity index (χ0v) is 12.9. The summed E-state index contributed by atoms with van der Waals surface area (Å²) < 4.78 is 0. The first-order valence-corrected chi connectivity index (χ1v) is 7.22. The highest BCUT2D eigenvalue weighted by atomic mass is 15.0. The monoisotopic (exact) mass is 302 g/mol. The molecule has 4 N–H and O–H groups in total. The van der Waals surface area contributed by atoms with Crippen LogP contribution in [0.25, 0.3) is 0 Å². The molecule has 0 fully saturated rings. The largest absolute Gasteiger partial charge is 0.376 e. The van der Waals surface area contributed by atoms with Gasteiger partial charge >= 0.3 is 0 Å². The number of rotatable bonds is 5. The Labute approximate surface area is 136 Å². The summed E-state index contributed by atoms with van der Waals surface area (Å²) in [5.74, 6) is 2.59. The van der Waals surface area contributed by atoms with Gasteiger partial charge in [0, 0.05) is 29.1 Å². The number of nitrogens with one attached hydrogen (secondary N) is 2. The molecule has 0 heterocycles. The second-order valence-corrected chi connectivity index (χ2v) is 5.31. The van der Waals surface area contributed by atoms with Crippen LogP contribution in [0, 0.1) is 29.1 Å².